The molecule has 1 N–H and O–H groups in total. The summed E-state index contributed by atoms with van der Waals surface area (Å²) >= 11 is 0. The molecule has 0 aliphatic carbocycles. The molecular formula is C21H24N2O3. The quantitative estimate of drug-likeness (QED) is 0.832. The van der Waals surface area contributed by atoms with Gasteiger partial charge in [-0.2, -0.15) is 0 Å². The van der Waals surface area contributed by atoms with E-state index in [1.807, 2.05) is 54.6 Å². The molecule has 0 spiro atoms. The fourth-order valence-electron chi connectivity index (χ4n) is 3.17. The van der Waals surface area contributed by atoms with Crippen LogP contribution in [0.2, 0.25) is 0 Å². The summed E-state index contributed by atoms with van der Waals surface area (Å²) < 4.78 is 5.14. The van der Waals surface area contributed by atoms with Crippen molar-refractivity contribution in [3.63, 3.8) is 0 Å². The van der Waals surface area contributed by atoms with Gasteiger partial charge < -0.3 is 15.0 Å². The van der Waals surface area contributed by atoms with Gasteiger partial charge >= 0.3 is 0 Å². The van der Waals surface area contributed by atoms with Crippen LogP contribution in [0.25, 0.3) is 0 Å². The van der Waals surface area contributed by atoms with Crippen LogP contribution in [0.3, 0.4) is 0 Å². The molecule has 0 bridgehead atoms. The second-order valence-corrected chi connectivity index (χ2v) is 6.55. The SMILES string of the molecule is COc1ccc(CN2C[C@H](C(=O)NCCc3ccccc3)CC2=O)cc1. The Balaban J connectivity index is 1.47. The van der Waals surface area contributed by atoms with Crippen LogP contribution >= 0.6 is 0 Å². The third-order valence-corrected chi connectivity index (χ3v) is 4.67. The van der Waals surface area contributed by atoms with Gasteiger partial charge in [0.2, 0.25) is 11.8 Å². The maximum absolute atomic E-state index is 12.4. The highest BCUT2D eigenvalue weighted by atomic mass is 16.5. The van der Waals surface area contributed by atoms with Crippen molar-refractivity contribution in [2.45, 2.75) is 19.4 Å². The molecule has 136 valence electrons. The lowest BCUT2D eigenvalue weighted by atomic mass is 10.1. The Morgan fingerprint density at radius 2 is 1.85 bits per heavy atom. The number of carbonyl (C=O) groups excluding carboxylic acids is 2. The van der Waals surface area contributed by atoms with Gasteiger partial charge in [0.25, 0.3) is 0 Å². The number of likely N-dealkylation sites (tertiary alicyclic amines) is 1. The number of rotatable bonds is 7. The minimum Gasteiger partial charge on any atom is -0.497 e. The van der Waals surface area contributed by atoms with E-state index >= 15 is 0 Å². The molecule has 1 heterocycles. The fraction of sp³-hybridized carbons (Fsp3) is 0.333. The third kappa shape index (κ3) is 4.63. The fourth-order valence-corrected chi connectivity index (χ4v) is 3.17. The number of benzene rings is 2. The Morgan fingerprint density at radius 3 is 2.54 bits per heavy atom. The lowest BCUT2D eigenvalue weighted by molar-refractivity contribution is -0.129. The van der Waals surface area contributed by atoms with Crippen molar-refractivity contribution < 1.29 is 14.3 Å². The second-order valence-electron chi connectivity index (χ2n) is 6.55. The normalized spacial score (nSPS) is 16.6. The first kappa shape index (κ1) is 18.0. The summed E-state index contributed by atoms with van der Waals surface area (Å²) in [6, 6.07) is 17.7. The number of hydrogen-bond acceptors (Lipinski definition) is 3. The first-order chi connectivity index (χ1) is 12.7. The molecule has 1 fully saturated rings. The van der Waals surface area contributed by atoms with Gasteiger partial charge in [-0.3, -0.25) is 9.59 Å². The third-order valence-electron chi connectivity index (χ3n) is 4.67. The standard InChI is InChI=1S/C21H24N2O3/c1-26-19-9-7-17(8-10-19)14-23-15-18(13-20(23)24)21(25)22-12-11-16-5-3-2-4-6-16/h2-10,18H,11-15H2,1H3,(H,22,25)/t18-/m1/s1. The molecule has 3 rings (SSSR count). The van der Waals surface area contributed by atoms with Crippen LogP contribution in [0.15, 0.2) is 54.6 Å². The maximum Gasteiger partial charge on any atom is 0.225 e. The number of methoxy groups -OCH3 is 1. The number of nitrogens with zero attached hydrogens (tertiary/aromatic N) is 1. The average molecular weight is 352 g/mol. The van der Waals surface area contributed by atoms with Crippen molar-refractivity contribution in [3.8, 4) is 5.75 Å². The summed E-state index contributed by atoms with van der Waals surface area (Å²) in [5, 5.41) is 2.96. The molecule has 5 heteroatoms. The predicted molar refractivity (Wildman–Crippen MR) is 99.7 cm³/mol. The van der Waals surface area contributed by atoms with Gasteiger partial charge in [0.05, 0.1) is 13.0 Å². The molecule has 1 aliphatic heterocycles. The van der Waals surface area contributed by atoms with E-state index in [1.54, 1.807) is 12.0 Å². The lowest BCUT2D eigenvalue weighted by Crippen LogP contribution is -2.34. The van der Waals surface area contributed by atoms with Crippen molar-refractivity contribution in [1.82, 2.24) is 10.2 Å². The highest BCUT2D eigenvalue weighted by Crippen LogP contribution is 2.21. The molecule has 1 aliphatic rings. The Bertz CT molecular complexity index is 744. The van der Waals surface area contributed by atoms with Crippen LogP contribution in [0.4, 0.5) is 0 Å². The topological polar surface area (TPSA) is 58.6 Å². The maximum atomic E-state index is 12.4. The number of hydrogen-bond donors (Lipinski definition) is 1. The van der Waals surface area contributed by atoms with Crippen molar-refractivity contribution in [1.29, 1.82) is 0 Å². The number of ether oxygens (including phenoxy) is 1. The van der Waals surface area contributed by atoms with Crippen LogP contribution in [0.1, 0.15) is 17.5 Å². The van der Waals surface area contributed by atoms with E-state index in [4.69, 9.17) is 4.74 Å². The van der Waals surface area contributed by atoms with E-state index in [2.05, 4.69) is 5.32 Å². The monoisotopic (exact) mass is 352 g/mol. The molecular weight excluding hydrogens is 328 g/mol. The zero-order chi connectivity index (χ0) is 18.4. The average Bonchev–Trinajstić information content (AvgIpc) is 3.04. The number of carbonyl (C=O) groups is 2. The van der Waals surface area contributed by atoms with Gasteiger partial charge in [0.1, 0.15) is 5.75 Å². The molecule has 0 radical (unpaired) electrons. The van der Waals surface area contributed by atoms with E-state index < -0.39 is 0 Å². The Hall–Kier alpha value is -2.82. The number of nitrogens with one attached hydrogen (secondary N) is 1. The molecule has 0 unspecified atom stereocenters. The van der Waals surface area contributed by atoms with Crippen molar-refractivity contribution in [2.75, 3.05) is 20.2 Å². The van der Waals surface area contributed by atoms with Crippen molar-refractivity contribution in [3.05, 3.63) is 65.7 Å². The van der Waals surface area contributed by atoms with Gasteiger partial charge in [-0.1, -0.05) is 42.5 Å². The summed E-state index contributed by atoms with van der Waals surface area (Å²) in [5.74, 6) is 0.518. The molecule has 26 heavy (non-hydrogen) atoms. The Morgan fingerprint density at radius 1 is 1.12 bits per heavy atom. The molecule has 0 aromatic heterocycles. The van der Waals surface area contributed by atoms with Gasteiger partial charge in [0.15, 0.2) is 0 Å². The van der Waals surface area contributed by atoms with E-state index in [0.29, 0.717) is 19.6 Å². The first-order valence-electron chi connectivity index (χ1n) is 8.88. The first-order valence-corrected chi connectivity index (χ1v) is 8.88. The lowest BCUT2D eigenvalue weighted by Gasteiger charge is -2.17. The highest BCUT2D eigenvalue weighted by Gasteiger charge is 2.33. The molecule has 0 saturated carbocycles. The van der Waals surface area contributed by atoms with Gasteiger partial charge in [-0.15, -0.1) is 0 Å². The number of amides is 2. The predicted octanol–water partition coefficient (Wildman–Crippen LogP) is 2.40. The van der Waals surface area contributed by atoms with Gasteiger partial charge in [0, 0.05) is 26.1 Å². The largest absolute Gasteiger partial charge is 0.497 e. The zero-order valence-corrected chi connectivity index (χ0v) is 15.0. The van der Waals surface area contributed by atoms with E-state index in [9.17, 15) is 9.59 Å². The minimum atomic E-state index is -0.267. The summed E-state index contributed by atoms with van der Waals surface area (Å²) in [4.78, 5) is 26.3. The van der Waals surface area contributed by atoms with Crippen LogP contribution in [0.5, 0.6) is 5.75 Å². The summed E-state index contributed by atoms with van der Waals surface area (Å²) in [6.45, 7) is 1.59. The molecule has 2 amide bonds. The minimum absolute atomic E-state index is 0.0315. The highest BCUT2D eigenvalue weighted by molar-refractivity contribution is 5.89. The second kappa shape index (κ2) is 8.52. The molecule has 5 nitrogen and oxygen atoms in total. The Labute approximate surface area is 154 Å². The summed E-state index contributed by atoms with van der Waals surface area (Å²) in [6.07, 6.45) is 1.08. The molecule has 2 aromatic rings. The van der Waals surface area contributed by atoms with Crippen molar-refractivity contribution >= 4 is 11.8 Å². The molecule has 1 saturated heterocycles. The van der Waals surface area contributed by atoms with Crippen LogP contribution in [-0.4, -0.2) is 36.9 Å². The van der Waals surface area contributed by atoms with Crippen molar-refractivity contribution in [2.24, 2.45) is 5.92 Å². The van der Waals surface area contributed by atoms with Crippen LogP contribution in [0, 0.1) is 5.92 Å². The summed E-state index contributed by atoms with van der Waals surface area (Å²) in [7, 11) is 1.63. The van der Waals surface area contributed by atoms with E-state index in [1.165, 1.54) is 5.56 Å². The summed E-state index contributed by atoms with van der Waals surface area (Å²) in [5.41, 5.74) is 2.22. The van der Waals surface area contributed by atoms with E-state index in [0.717, 1.165) is 17.7 Å². The molecule has 1 atom stereocenters. The van der Waals surface area contributed by atoms with Gasteiger partial charge in [-0.05, 0) is 29.7 Å². The Kier molecular flexibility index (Phi) is 5.89. The smallest absolute Gasteiger partial charge is 0.225 e. The van der Waals surface area contributed by atoms with Crippen LogP contribution < -0.4 is 10.1 Å². The van der Waals surface area contributed by atoms with Gasteiger partial charge in [-0.25, -0.2) is 0 Å². The molecule has 2 aromatic carbocycles. The zero-order valence-electron chi connectivity index (χ0n) is 15.0. The van der Waals surface area contributed by atoms with Crippen LogP contribution in [-0.2, 0) is 22.6 Å². The van der Waals surface area contributed by atoms with E-state index in [-0.39, 0.29) is 24.2 Å².